The lowest BCUT2D eigenvalue weighted by Gasteiger charge is -2.28. The molecule has 3 nitrogen and oxygen atoms in total. The standard InChI is InChI=1S/C18H30FNO2/c1-14(2)10-20(11-15-6-8-16(19)9-7-15)12-17(21)13-22-18(3,4)5/h6-9,14,17,21H,10-13H2,1-5H3/t17-/m1/s1. The molecule has 0 aliphatic heterocycles. The highest BCUT2D eigenvalue weighted by Gasteiger charge is 2.17. The SMILES string of the molecule is CC(C)CN(Cc1ccc(F)cc1)C[C@@H](O)COC(C)(C)C. The fourth-order valence-electron chi connectivity index (χ4n) is 2.26. The van der Waals surface area contributed by atoms with Crippen LogP contribution in [0.3, 0.4) is 0 Å². The normalized spacial score (nSPS) is 13.9. The molecule has 0 aliphatic rings. The van der Waals surface area contributed by atoms with Crippen molar-refractivity contribution in [1.82, 2.24) is 4.90 Å². The van der Waals surface area contributed by atoms with Crippen LogP contribution >= 0.6 is 0 Å². The molecule has 0 saturated heterocycles. The minimum atomic E-state index is -0.529. The first kappa shape index (κ1) is 19.1. The highest BCUT2D eigenvalue weighted by Crippen LogP contribution is 2.11. The van der Waals surface area contributed by atoms with Crippen molar-refractivity contribution >= 4 is 0 Å². The zero-order valence-corrected chi connectivity index (χ0v) is 14.5. The number of rotatable bonds is 8. The average Bonchev–Trinajstić information content (AvgIpc) is 2.37. The van der Waals surface area contributed by atoms with Crippen LogP contribution in [-0.4, -0.2) is 41.4 Å². The Morgan fingerprint density at radius 2 is 1.73 bits per heavy atom. The minimum absolute atomic E-state index is 0.224. The number of ether oxygens (including phenoxy) is 1. The Hall–Kier alpha value is -0.970. The number of benzene rings is 1. The molecule has 0 spiro atoms. The van der Waals surface area contributed by atoms with Gasteiger partial charge in [-0.25, -0.2) is 4.39 Å². The molecule has 0 heterocycles. The zero-order valence-electron chi connectivity index (χ0n) is 14.5. The maximum Gasteiger partial charge on any atom is 0.123 e. The van der Waals surface area contributed by atoms with E-state index in [1.807, 2.05) is 20.8 Å². The first-order valence-electron chi connectivity index (χ1n) is 7.94. The highest BCUT2D eigenvalue weighted by molar-refractivity contribution is 5.15. The molecule has 0 radical (unpaired) electrons. The lowest BCUT2D eigenvalue weighted by Crippen LogP contribution is -2.38. The van der Waals surface area contributed by atoms with E-state index in [-0.39, 0.29) is 11.4 Å². The van der Waals surface area contributed by atoms with Crippen LogP contribution in [0.25, 0.3) is 0 Å². The summed E-state index contributed by atoms with van der Waals surface area (Å²) in [4.78, 5) is 2.19. The Kier molecular flexibility index (Phi) is 7.46. The van der Waals surface area contributed by atoms with Crippen molar-refractivity contribution in [2.45, 2.75) is 52.9 Å². The van der Waals surface area contributed by atoms with Crippen molar-refractivity contribution in [1.29, 1.82) is 0 Å². The fourth-order valence-corrected chi connectivity index (χ4v) is 2.26. The van der Waals surface area contributed by atoms with E-state index in [1.165, 1.54) is 12.1 Å². The number of hydrogen-bond acceptors (Lipinski definition) is 3. The number of aliphatic hydroxyl groups excluding tert-OH is 1. The first-order chi connectivity index (χ1) is 10.2. The van der Waals surface area contributed by atoms with Crippen LogP contribution in [0.2, 0.25) is 0 Å². The maximum atomic E-state index is 13.0. The third-order valence-electron chi connectivity index (χ3n) is 3.12. The summed E-state index contributed by atoms with van der Waals surface area (Å²) in [6.07, 6.45) is -0.529. The number of halogens is 1. The van der Waals surface area contributed by atoms with Gasteiger partial charge in [-0.2, -0.15) is 0 Å². The molecule has 0 saturated carbocycles. The van der Waals surface area contributed by atoms with Gasteiger partial charge in [0.15, 0.2) is 0 Å². The van der Waals surface area contributed by atoms with Crippen LogP contribution in [0.4, 0.5) is 4.39 Å². The van der Waals surface area contributed by atoms with Crippen molar-refractivity contribution in [3.8, 4) is 0 Å². The van der Waals surface area contributed by atoms with Gasteiger partial charge in [-0.15, -0.1) is 0 Å². The number of hydrogen-bond donors (Lipinski definition) is 1. The van der Waals surface area contributed by atoms with Gasteiger partial charge < -0.3 is 9.84 Å². The van der Waals surface area contributed by atoms with Crippen molar-refractivity contribution in [2.75, 3.05) is 19.7 Å². The molecule has 1 rings (SSSR count). The molecule has 0 bridgehead atoms. The summed E-state index contributed by atoms with van der Waals surface area (Å²) in [5.41, 5.74) is 0.798. The summed E-state index contributed by atoms with van der Waals surface area (Å²) < 4.78 is 18.6. The third-order valence-corrected chi connectivity index (χ3v) is 3.12. The molecule has 0 aromatic heterocycles. The van der Waals surface area contributed by atoms with Gasteiger partial charge in [-0.05, 0) is 44.4 Å². The van der Waals surface area contributed by atoms with Gasteiger partial charge in [0.05, 0.1) is 18.3 Å². The van der Waals surface area contributed by atoms with E-state index in [9.17, 15) is 9.50 Å². The van der Waals surface area contributed by atoms with Gasteiger partial charge in [-0.1, -0.05) is 26.0 Å². The van der Waals surface area contributed by atoms with Crippen molar-refractivity contribution in [2.24, 2.45) is 5.92 Å². The van der Waals surface area contributed by atoms with E-state index >= 15 is 0 Å². The molecule has 1 N–H and O–H groups in total. The van der Waals surface area contributed by atoms with Crippen molar-refractivity contribution in [3.63, 3.8) is 0 Å². The zero-order chi connectivity index (χ0) is 16.8. The molecule has 0 fully saturated rings. The quantitative estimate of drug-likeness (QED) is 0.798. The van der Waals surface area contributed by atoms with Crippen LogP contribution in [0.1, 0.15) is 40.2 Å². The largest absolute Gasteiger partial charge is 0.389 e. The van der Waals surface area contributed by atoms with Gasteiger partial charge in [0.1, 0.15) is 5.82 Å². The lowest BCUT2D eigenvalue weighted by atomic mass is 10.1. The number of nitrogens with zero attached hydrogens (tertiary/aromatic N) is 1. The van der Waals surface area contributed by atoms with E-state index in [1.54, 1.807) is 12.1 Å². The number of aliphatic hydroxyl groups is 1. The van der Waals surface area contributed by atoms with Crippen LogP contribution in [0.15, 0.2) is 24.3 Å². The molecule has 0 unspecified atom stereocenters. The minimum Gasteiger partial charge on any atom is -0.389 e. The smallest absolute Gasteiger partial charge is 0.123 e. The summed E-state index contributed by atoms with van der Waals surface area (Å²) >= 11 is 0. The Labute approximate surface area is 134 Å². The van der Waals surface area contributed by atoms with E-state index in [4.69, 9.17) is 4.74 Å². The monoisotopic (exact) mass is 311 g/mol. The highest BCUT2D eigenvalue weighted by atomic mass is 19.1. The molecular weight excluding hydrogens is 281 g/mol. The summed E-state index contributed by atoms with van der Waals surface area (Å²) in [7, 11) is 0. The molecule has 0 aliphatic carbocycles. The molecule has 4 heteroatoms. The third kappa shape index (κ3) is 8.47. The van der Waals surface area contributed by atoms with Gasteiger partial charge in [-0.3, -0.25) is 4.90 Å². The van der Waals surface area contributed by atoms with Crippen LogP contribution in [0, 0.1) is 11.7 Å². The van der Waals surface area contributed by atoms with Gasteiger partial charge in [0.2, 0.25) is 0 Å². The second-order valence-corrected chi connectivity index (χ2v) is 7.29. The molecule has 0 amide bonds. The molecule has 1 aromatic carbocycles. The van der Waals surface area contributed by atoms with E-state index in [0.29, 0.717) is 25.6 Å². The average molecular weight is 311 g/mol. The Morgan fingerprint density at radius 3 is 2.23 bits per heavy atom. The van der Waals surface area contributed by atoms with Gasteiger partial charge in [0, 0.05) is 19.6 Å². The Balaban J connectivity index is 2.58. The molecule has 126 valence electrons. The summed E-state index contributed by atoms with van der Waals surface area (Å²) in [6.45, 7) is 12.7. The van der Waals surface area contributed by atoms with E-state index in [2.05, 4.69) is 18.7 Å². The maximum absolute atomic E-state index is 13.0. The van der Waals surface area contributed by atoms with Crippen LogP contribution < -0.4 is 0 Å². The van der Waals surface area contributed by atoms with Crippen molar-refractivity contribution < 1.29 is 14.2 Å². The molecule has 1 aromatic rings. The summed E-state index contributed by atoms with van der Waals surface area (Å²) in [6, 6.07) is 6.53. The van der Waals surface area contributed by atoms with Gasteiger partial charge >= 0.3 is 0 Å². The molecule has 1 atom stereocenters. The molecule has 22 heavy (non-hydrogen) atoms. The Morgan fingerprint density at radius 1 is 1.14 bits per heavy atom. The first-order valence-corrected chi connectivity index (χ1v) is 7.94. The second-order valence-electron chi connectivity index (χ2n) is 7.29. The summed E-state index contributed by atoms with van der Waals surface area (Å²) in [5, 5.41) is 10.2. The predicted octanol–water partition coefficient (Wildman–Crippen LogP) is 3.46. The summed E-state index contributed by atoms with van der Waals surface area (Å²) in [5.74, 6) is 0.272. The van der Waals surface area contributed by atoms with Crippen LogP contribution in [-0.2, 0) is 11.3 Å². The molecular formula is C18H30FNO2. The van der Waals surface area contributed by atoms with E-state index < -0.39 is 6.10 Å². The lowest BCUT2D eigenvalue weighted by molar-refractivity contribution is -0.0573. The van der Waals surface area contributed by atoms with Gasteiger partial charge in [0.25, 0.3) is 0 Å². The topological polar surface area (TPSA) is 32.7 Å². The van der Waals surface area contributed by atoms with Crippen LogP contribution in [0.5, 0.6) is 0 Å². The van der Waals surface area contributed by atoms with E-state index in [0.717, 1.165) is 12.1 Å². The predicted molar refractivity (Wildman–Crippen MR) is 88.2 cm³/mol. The second kappa shape index (κ2) is 8.61. The van der Waals surface area contributed by atoms with Crippen molar-refractivity contribution in [3.05, 3.63) is 35.6 Å². The fraction of sp³-hybridized carbons (Fsp3) is 0.667. The Bertz CT molecular complexity index is 426.